The maximum absolute atomic E-state index is 10.3. The normalized spacial score (nSPS) is 29.4. The molecule has 1 rings (SSSR count). The Morgan fingerprint density at radius 1 is 1.54 bits per heavy atom. The van der Waals surface area contributed by atoms with Gasteiger partial charge in [0.2, 0.25) is 0 Å². The van der Waals surface area contributed by atoms with E-state index >= 15 is 0 Å². The first-order valence-electron chi connectivity index (χ1n) is 4.68. The smallest absolute Gasteiger partial charge is 0.304 e. The van der Waals surface area contributed by atoms with Crippen molar-refractivity contribution in [1.29, 1.82) is 0 Å². The zero-order chi connectivity index (χ0) is 9.84. The largest absolute Gasteiger partial charge is 0.481 e. The van der Waals surface area contributed by atoms with E-state index in [4.69, 9.17) is 10.2 Å². The van der Waals surface area contributed by atoms with Crippen molar-refractivity contribution in [3.63, 3.8) is 0 Å². The monoisotopic (exact) mass is 187 g/mol. The summed E-state index contributed by atoms with van der Waals surface area (Å²) in [5.41, 5.74) is 0. The maximum Gasteiger partial charge on any atom is 0.304 e. The summed E-state index contributed by atoms with van der Waals surface area (Å²) < 4.78 is 0. The predicted octanol–water partition coefficient (Wildman–Crippen LogP) is 0.0213. The van der Waals surface area contributed by atoms with Crippen LogP contribution in [0, 0.1) is 11.8 Å². The Labute approximate surface area is 78.2 Å². The molecule has 1 saturated heterocycles. The van der Waals surface area contributed by atoms with Gasteiger partial charge in [0, 0.05) is 26.2 Å². The SMILES string of the molecule is C[C@H]1CN(CCC(=O)O)C[C@H]1CO. The average molecular weight is 187 g/mol. The first kappa shape index (κ1) is 10.5. The van der Waals surface area contributed by atoms with Crippen LogP contribution >= 0.6 is 0 Å². The quantitative estimate of drug-likeness (QED) is 0.651. The lowest BCUT2D eigenvalue weighted by molar-refractivity contribution is -0.137. The van der Waals surface area contributed by atoms with E-state index in [1.165, 1.54) is 0 Å². The summed E-state index contributed by atoms with van der Waals surface area (Å²) in [5.74, 6) is 0.0627. The van der Waals surface area contributed by atoms with Crippen LogP contribution in [0.15, 0.2) is 0 Å². The fourth-order valence-electron chi connectivity index (χ4n) is 1.82. The van der Waals surface area contributed by atoms with E-state index in [1.807, 2.05) is 0 Å². The number of hydrogen-bond donors (Lipinski definition) is 2. The average Bonchev–Trinajstić information content (AvgIpc) is 2.43. The van der Waals surface area contributed by atoms with Crippen molar-refractivity contribution in [2.24, 2.45) is 11.8 Å². The second kappa shape index (κ2) is 4.58. The zero-order valence-electron chi connectivity index (χ0n) is 7.94. The molecule has 0 spiro atoms. The molecular weight excluding hydrogens is 170 g/mol. The summed E-state index contributed by atoms with van der Waals surface area (Å²) >= 11 is 0. The molecule has 2 N–H and O–H groups in total. The molecule has 0 radical (unpaired) electrons. The summed E-state index contributed by atoms with van der Waals surface area (Å²) in [7, 11) is 0. The Hall–Kier alpha value is -0.610. The molecule has 1 heterocycles. The van der Waals surface area contributed by atoms with Gasteiger partial charge in [-0.2, -0.15) is 0 Å². The number of carbonyl (C=O) groups is 1. The van der Waals surface area contributed by atoms with Gasteiger partial charge in [-0.15, -0.1) is 0 Å². The van der Waals surface area contributed by atoms with Crippen LogP contribution in [0.1, 0.15) is 13.3 Å². The van der Waals surface area contributed by atoms with Crippen LogP contribution in [-0.2, 0) is 4.79 Å². The first-order valence-corrected chi connectivity index (χ1v) is 4.68. The fourth-order valence-corrected chi connectivity index (χ4v) is 1.82. The standard InChI is InChI=1S/C9H17NO3/c1-7-4-10(3-2-9(12)13)5-8(7)6-11/h7-8,11H,2-6H2,1H3,(H,12,13)/t7-,8-/m0/s1. The van der Waals surface area contributed by atoms with Crippen molar-refractivity contribution in [3.8, 4) is 0 Å². The van der Waals surface area contributed by atoms with E-state index in [0.717, 1.165) is 13.1 Å². The number of nitrogens with zero attached hydrogens (tertiary/aromatic N) is 1. The van der Waals surface area contributed by atoms with Gasteiger partial charge in [-0.3, -0.25) is 4.79 Å². The van der Waals surface area contributed by atoms with E-state index in [-0.39, 0.29) is 13.0 Å². The lowest BCUT2D eigenvalue weighted by atomic mass is 10.00. The highest BCUT2D eigenvalue weighted by atomic mass is 16.4. The minimum atomic E-state index is -0.750. The summed E-state index contributed by atoms with van der Waals surface area (Å²) in [5, 5.41) is 17.5. The van der Waals surface area contributed by atoms with Gasteiger partial charge in [-0.05, 0) is 11.8 Å². The summed E-state index contributed by atoms with van der Waals surface area (Å²) in [6, 6.07) is 0. The Bertz CT molecular complexity index is 184. The van der Waals surface area contributed by atoms with E-state index in [2.05, 4.69) is 11.8 Å². The van der Waals surface area contributed by atoms with Crippen LogP contribution in [0.3, 0.4) is 0 Å². The van der Waals surface area contributed by atoms with Gasteiger partial charge in [0.1, 0.15) is 0 Å². The van der Waals surface area contributed by atoms with Gasteiger partial charge in [-0.1, -0.05) is 6.92 Å². The van der Waals surface area contributed by atoms with Crippen LogP contribution < -0.4 is 0 Å². The van der Waals surface area contributed by atoms with Crippen LogP contribution in [-0.4, -0.2) is 47.3 Å². The highest BCUT2D eigenvalue weighted by molar-refractivity contribution is 5.66. The third kappa shape index (κ3) is 2.97. The molecule has 0 unspecified atom stereocenters. The van der Waals surface area contributed by atoms with Crippen LogP contribution in [0.2, 0.25) is 0 Å². The third-order valence-corrected chi connectivity index (χ3v) is 2.72. The molecule has 0 bridgehead atoms. The number of hydrogen-bond acceptors (Lipinski definition) is 3. The summed E-state index contributed by atoms with van der Waals surface area (Å²) in [6.45, 7) is 4.67. The van der Waals surface area contributed by atoms with Gasteiger partial charge < -0.3 is 15.1 Å². The lowest BCUT2D eigenvalue weighted by Gasteiger charge is -2.13. The molecule has 1 aliphatic rings. The molecule has 0 aromatic rings. The maximum atomic E-state index is 10.3. The minimum Gasteiger partial charge on any atom is -0.481 e. The third-order valence-electron chi connectivity index (χ3n) is 2.72. The number of aliphatic hydroxyl groups is 1. The molecule has 0 aromatic heterocycles. The predicted molar refractivity (Wildman–Crippen MR) is 48.4 cm³/mol. The number of carboxylic acid groups (broad SMARTS) is 1. The van der Waals surface area contributed by atoms with Crippen LogP contribution in [0.5, 0.6) is 0 Å². The fraction of sp³-hybridized carbons (Fsp3) is 0.889. The van der Waals surface area contributed by atoms with Crippen LogP contribution in [0.25, 0.3) is 0 Å². The van der Waals surface area contributed by atoms with Gasteiger partial charge in [0.25, 0.3) is 0 Å². The van der Waals surface area contributed by atoms with Gasteiger partial charge in [-0.25, -0.2) is 0 Å². The van der Waals surface area contributed by atoms with Crippen molar-refractivity contribution in [3.05, 3.63) is 0 Å². The van der Waals surface area contributed by atoms with Crippen LogP contribution in [0.4, 0.5) is 0 Å². The molecule has 0 amide bonds. The van der Waals surface area contributed by atoms with Gasteiger partial charge in [0.05, 0.1) is 6.42 Å². The Kier molecular flexibility index (Phi) is 3.69. The van der Waals surface area contributed by atoms with Crippen molar-refractivity contribution < 1.29 is 15.0 Å². The Morgan fingerprint density at radius 2 is 2.23 bits per heavy atom. The number of carboxylic acids is 1. The second-order valence-corrected chi connectivity index (χ2v) is 3.82. The Morgan fingerprint density at radius 3 is 2.69 bits per heavy atom. The molecule has 0 aliphatic carbocycles. The molecule has 4 nitrogen and oxygen atoms in total. The van der Waals surface area contributed by atoms with E-state index in [9.17, 15) is 4.79 Å². The van der Waals surface area contributed by atoms with E-state index in [0.29, 0.717) is 18.4 Å². The highest BCUT2D eigenvalue weighted by Crippen LogP contribution is 2.21. The molecule has 13 heavy (non-hydrogen) atoms. The molecule has 1 aliphatic heterocycles. The number of likely N-dealkylation sites (tertiary alicyclic amines) is 1. The zero-order valence-corrected chi connectivity index (χ0v) is 7.94. The van der Waals surface area contributed by atoms with Gasteiger partial charge >= 0.3 is 5.97 Å². The summed E-state index contributed by atoms with van der Waals surface area (Å²) in [6.07, 6.45) is 0.199. The number of aliphatic hydroxyl groups excluding tert-OH is 1. The summed E-state index contributed by atoms with van der Waals surface area (Å²) in [4.78, 5) is 12.4. The topological polar surface area (TPSA) is 60.8 Å². The molecule has 4 heteroatoms. The Balaban J connectivity index is 2.27. The minimum absolute atomic E-state index is 0.199. The van der Waals surface area contributed by atoms with E-state index in [1.54, 1.807) is 0 Å². The number of rotatable bonds is 4. The molecule has 0 aromatic carbocycles. The molecular formula is C9H17NO3. The van der Waals surface area contributed by atoms with Crippen molar-refractivity contribution in [1.82, 2.24) is 4.90 Å². The molecule has 1 fully saturated rings. The lowest BCUT2D eigenvalue weighted by Crippen LogP contribution is -2.24. The second-order valence-electron chi connectivity index (χ2n) is 3.82. The molecule has 0 saturated carbocycles. The van der Waals surface area contributed by atoms with Gasteiger partial charge in [0.15, 0.2) is 0 Å². The van der Waals surface area contributed by atoms with Crippen molar-refractivity contribution in [2.45, 2.75) is 13.3 Å². The molecule has 76 valence electrons. The highest BCUT2D eigenvalue weighted by Gasteiger charge is 2.28. The van der Waals surface area contributed by atoms with Crippen molar-refractivity contribution >= 4 is 5.97 Å². The first-order chi connectivity index (χ1) is 6.13. The van der Waals surface area contributed by atoms with E-state index < -0.39 is 5.97 Å². The van der Waals surface area contributed by atoms with Crippen molar-refractivity contribution in [2.75, 3.05) is 26.2 Å². The molecule has 2 atom stereocenters. The number of aliphatic carboxylic acids is 1.